The van der Waals surface area contributed by atoms with Crippen LogP contribution in [0.4, 0.5) is 0 Å². The van der Waals surface area contributed by atoms with Crippen LogP contribution >= 0.6 is 0 Å². The molecule has 3 aromatic carbocycles. The summed E-state index contributed by atoms with van der Waals surface area (Å²) in [5.74, 6) is 2.88. The molecule has 0 atom stereocenters. The van der Waals surface area contributed by atoms with Crippen LogP contribution in [0.3, 0.4) is 0 Å². The molecule has 0 fully saturated rings. The maximum Gasteiger partial charge on any atom is 0.384 e. The lowest BCUT2D eigenvalue weighted by atomic mass is 10.1. The van der Waals surface area contributed by atoms with Gasteiger partial charge in [-0.1, -0.05) is 52.4 Å². The van der Waals surface area contributed by atoms with Crippen molar-refractivity contribution < 1.29 is 28.3 Å². The molecular formula is C35H44NO5+. The van der Waals surface area contributed by atoms with E-state index in [1.807, 2.05) is 77.4 Å². The highest BCUT2D eigenvalue weighted by Crippen LogP contribution is 2.34. The summed E-state index contributed by atoms with van der Waals surface area (Å²) in [4.78, 5) is 0. The molecule has 0 radical (unpaired) electrons. The number of oxazole rings is 1. The Morgan fingerprint density at radius 3 is 1.66 bits per heavy atom. The van der Waals surface area contributed by atoms with Crippen molar-refractivity contribution >= 4 is 0 Å². The molecule has 4 aromatic rings. The van der Waals surface area contributed by atoms with Gasteiger partial charge in [0, 0.05) is 5.56 Å². The molecule has 0 aliphatic carbocycles. The molecule has 4 rings (SSSR count). The second-order valence-corrected chi connectivity index (χ2v) is 10.4. The molecule has 0 saturated heterocycles. The van der Waals surface area contributed by atoms with Crippen molar-refractivity contribution in [2.24, 2.45) is 0 Å². The Hall–Kier alpha value is -3.93. The summed E-state index contributed by atoms with van der Waals surface area (Å²) in [6.45, 7) is 6.33. The van der Waals surface area contributed by atoms with Gasteiger partial charge in [0.2, 0.25) is 0 Å². The van der Waals surface area contributed by atoms with Crippen LogP contribution < -0.4 is 18.8 Å². The molecular weight excluding hydrogens is 514 g/mol. The quantitative estimate of drug-likeness (QED) is 0.104. The predicted octanol–water partition coefficient (Wildman–Crippen LogP) is 8.58. The Labute approximate surface area is 244 Å². The van der Waals surface area contributed by atoms with Gasteiger partial charge in [0.05, 0.1) is 31.5 Å². The molecule has 0 bridgehead atoms. The number of methoxy groups -OCH3 is 1. The predicted molar refractivity (Wildman–Crippen MR) is 163 cm³/mol. The Morgan fingerprint density at radius 2 is 1.15 bits per heavy atom. The number of aromatic nitrogens is 1. The van der Waals surface area contributed by atoms with Crippen molar-refractivity contribution in [1.29, 1.82) is 0 Å². The van der Waals surface area contributed by atoms with E-state index in [0.29, 0.717) is 31.3 Å². The van der Waals surface area contributed by atoms with Crippen LogP contribution in [0.25, 0.3) is 22.7 Å². The fraction of sp³-hybridized carbons (Fsp3) is 0.400. The minimum Gasteiger partial charge on any atom is -0.497 e. The van der Waals surface area contributed by atoms with Crippen molar-refractivity contribution in [3.63, 3.8) is 0 Å². The largest absolute Gasteiger partial charge is 0.497 e. The summed E-state index contributed by atoms with van der Waals surface area (Å²) in [6.07, 6.45) is 9.33. The average molecular weight is 559 g/mol. The van der Waals surface area contributed by atoms with Crippen molar-refractivity contribution in [3.05, 3.63) is 78.4 Å². The normalized spacial score (nSPS) is 11.0. The van der Waals surface area contributed by atoms with Crippen LogP contribution in [0.15, 0.2) is 77.2 Å². The standard InChI is InChI=1S/C35H43NO5/c1-4-6-8-10-24-39-31-20-14-28(15-21-31)33-35(37)41-34(36(33)26-27-12-18-30(38-3)19-13-27)29-16-22-32(23-17-29)40-25-11-9-7-5-2/h12-23H,4-11,24-26H2,1-3H3/p+1. The van der Waals surface area contributed by atoms with E-state index in [2.05, 4.69) is 13.8 Å². The third-order valence-corrected chi connectivity index (χ3v) is 7.17. The van der Waals surface area contributed by atoms with Gasteiger partial charge in [0.15, 0.2) is 6.54 Å². The van der Waals surface area contributed by atoms with Crippen molar-refractivity contribution in [2.45, 2.75) is 71.8 Å². The maximum absolute atomic E-state index is 11.1. The number of ether oxygens (including phenoxy) is 3. The fourth-order valence-electron chi connectivity index (χ4n) is 4.81. The maximum atomic E-state index is 11.1. The van der Waals surface area contributed by atoms with Gasteiger partial charge in [-0.05, 0) is 85.6 Å². The minimum atomic E-state index is -0.127. The molecule has 0 aliphatic heterocycles. The molecule has 0 unspecified atom stereocenters. The van der Waals surface area contributed by atoms with Crippen molar-refractivity contribution in [2.75, 3.05) is 20.3 Å². The highest BCUT2D eigenvalue weighted by atomic mass is 16.5. The first-order valence-electron chi connectivity index (χ1n) is 15.0. The number of benzene rings is 3. The number of rotatable bonds is 17. The zero-order valence-electron chi connectivity index (χ0n) is 24.7. The van der Waals surface area contributed by atoms with Gasteiger partial charge in [0.25, 0.3) is 5.69 Å². The fourth-order valence-corrected chi connectivity index (χ4v) is 4.81. The lowest BCUT2D eigenvalue weighted by Crippen LogP contribution is -2.37. The third kappa shape index (κ3) is 8.53. The minimum absolute atomic E-state index is 0.127. The van der Waals surface area contributed by atoms with E-state index >= 15 is 0 Å². The van der Waals surface area contributed by atoms with Crippen LogP contribution in [0.2, 0.25) is 0 Å². The van der Waals surface area contributed by atoms with Crippen LogP contribution in [-0.4, -0.2) is 25.4 Å². The van der Waals surface area contributed by atoms with Crippen molar-refractivity contribution in [3.8, 4) is 45.9 Å². The lowest BCUT2D eigenvalue weighted by Gasteiger charge is -2.07. The monoisotopic (exact) mass is 558 g/mol. The highest BCUT2D eigenvalue weighted by Gasteiger charge is 2.31. The topological polar surface area (TPSA) is 64.9 Å². The zero-order valence-corrected chi connectivity index (χ0v) is 24.7. The third-order valence-electron chi connectivity index (χ3n) is 7.17. The van der Waals surface area contributed by atoms with Crippen molar-refractivity contribution in [1.82, 2.24) is 0 Å². The van der Waals surface area contributed by atoms with Crippen LogP contribution in [0.1, 0.15) is 70.8 Å². The Bertz CT molecular complexity index is 1310. The van der Waals surface area contributed by atoms with Gasteiger partial charge < -0.3 is 23.7 Å². The summed E-state index contributed by atoms with van der Waals surface area (Å²) in [5, 5.41) is 11.1. The molecule has 0 saturated carbocycles. The van der Waals surface area contributed by atoms with E-state index in [0.717, 1.165) is 46.8 Å². The van der Waals surface area contributed by atoms with E-state index in [4.69, 9.17) is 18.6 Å². The molecule has 6 nitrogen and oxygen atoms in total. The van der Waals surface area contributed by atoms with Gasteiger partial charge in [0.1, 0.15) is 17.2 Å². The molecule has 0 spiro atoms. The number of unbranched alkanes of at least 4 members (excludes halogenated alkanes) is 6. The van der Waals surface area contributed by atoms with Gasteiger partial charge >= 0.3 is 11.8 Å². The average Bonchev–Trinajstić information content (AvgIpc) is 3.33. The van der Waals surface area contributed by atoms with Crippen LogP contribution in [-0.2, 0) is 6.54 Å². The van der Waals surface area contributed by atoms with Gasteiger partial charge in [-0.25, -0.2) is 0 Å². The second-order valence-electron chi connectivity index (χ2n) is 10.4. The molecule has 6 heteroatoms. The molecule has 1 heterocycles. The van der Waals surface area contributed by atoms with E-state index < -0.39 is 0 Å². The number of nitrogens with zero attached hydrogens (tertiary/aromatic N) is 1. The number of hydrogen-bond acceptors (Lipinski definition) is 5. The van der Waals surface area contributed by atoms with Crippen LogP contribution in [0, 0.1) is 0 Å². The number of hydrogen-bond donors (Lipinski definition) is 1. The summed E-state index contributed by atoms with van der Waals surface area (Å²) in [6, 6.07) is 23.6. The molecule has 1 N–H and O–H groups in total. The van der Waals surface area contributed by atoms with Gasteiger partial charge in [-0.2, -0.15) is 0 Å². The smallest absolute Gasteiger partial charge is 0.384 e. The molecule has 41 heavy (non-hydrogen) atoms. The first-order valence-corrected chi connectivity index (χ1v) is 15.0. The second kappa shape index (κ2) is 15.8. The van der Waals surface area contributed by atoms with Crippen LogP contribution in [0.5, 0.6) is 23.2 Å². The Balaban J connectivity index is 1.58. The Kier molecular flexibility index (Phi) is 11.5. The summed E-state index contributed by atoms with van der Waals surface area (Å²) in [5.41, 5.74) is 3.36. The lowest BCUT2D eigenvalue weighted by molar-refractivity contribution is -0.669. The van der Waals surface area contributed by atoms with E-state index in [-0.39, 0.29) is 5.95 Å². The first-order chi connectivity index (χ1) is 20.1. The van der Waals surface area contributed by atoms with Gasteiger partial charge in [-0.15, -0.1) is 4.57 Å². The van der Waals surface area contributed by atoms with E-state index in [1.54, 1.807) is 7.11 Å². The molecule has 218 valence electrons. The van der Waals surface area contributed by atoms with Gasteiger partial charge in [-0.3, -0.25) is 0 Å². The first kappa shape index (κ1) is 30.0. The number of aromatic hydroxyl groups is 1. The zero-order chi connectivity index (χ0) is 28.9. The van der Waals surface area contributed by atoms with E-state index in [1.165, 1.54) is 38.5 Å². The summed E-state index contributed by atoms with van der Waals surface area (Å²) in [7, 11) is 1.66. The Morgan fingerprint density at radius 1 is 0.634 bits per heavy atom. The molecule has 1 aromatic heterocycles. The highest BCUT2D eigenvalue weighted by molar-refractivity contribution is 5.64. The summed E-state index contributed by atoms with van der Waals surface area (Å²) < 4.78 is 25.2. The molecule has 0 aliphatic rings. The molecule has 0 amide bonds. The summed E-state index contributed by atoms with van der Waals surface area (Å²) >= 11 is 0. The SMILES string of the molecule is CCCCCCOc1ccc(-c2oc(O)c(-c3ccc(OCCCCCC)cc3)[n+]2Cc2ccc(OC)cc2)cc1. The van der Waals surface area contributed by atoms with E-state index in [9.17, 15) is 5.11 Å².